The zero-order valence-corrected chi connectivity index (χ0v) is 21.3. The summed E-state index contributed by atoms with van der Waals surface area (Å²) in [6.07, 6.45) is 1.63. The highest BCUT2D eigenvalue weighted by atomic mass is 127. The second-order valence-electron chi connectivity index (χ2n) is 6.02. The lowest BCUT2D eigenvalue weighted by Gasteiger charge is -2.26. The molecule has 0 bridgehead atoms. The number of benzene rings is 1. The van der Waals surface area contributed by atoms with E-state index < -0.39 is 0 Å². The fourth-order valence-corrected chi connectivity index (χ4v) is 4.88. The van der Waals surface area contributed by atoms with Gasteiger partial charge in [0.05, 0.1) is 25.4 Å². The van der Waals surface area contributed by atoms with Crippen molar-refractivity contribution in [1.82, 2.24) is 4.90 Å². The molecule has 6 nitrogen and oxygen atoms in total. The molecule has 2 rings (SSSR count). The Morgan fingerprint density at radius 2 is 1.78 bits per heavy atom. The number of ether oxygens (including phenoxy) is 3. The highest BCUT2D eigenvalue weighted by molar-refractivity contribution is 14.1. The van der Waals surface area contributed by atoms with E-state index in [1.165, 1.54) is 0 Å². The van der Waals surface area contributed by atoms with E-state index in [1.807, 2.05) is 12.1 Å². The highest BCUT2D eigenvalue weighted by Crippen LogP contribution is 2.23. The first kappa shape index (κ1) is 23.5. The van der Waals surface area contributed by atoms with E-state index in [0.29, 0.717) is 38.0 Å². The van der Waals surface area contributed by atoms with Crippen molar-refractivity contribution >= 4 is 79.7 Å². The molecular weight excluding hydrogens is 691 g/mol. The van der Waals surface area contributed by atoms with Crippen LogP contribution in [0.2, 0.25) is 0 Å². The molecule has 0 radical (unpaired) electrons. The van der Waals surface area contributed by atoms with E-state index in [-0.39, 0.29) is 11.9 Å². The maximum absolute atomic E-state index is 12.2. The van der Waals surface area contributed by atoms with Crippen LogP contribution in [-0.2, 0) is 19.0 Å². The highest BCUT2D eigenvalue weighted by Gasteiger charge is 2.15. The first-order valence-electron chi connectivity index (χ1n) is 8.75. The minimum Gasteiger partial charge on any atom is -0.464 e. The molecule has 0 aliphatic carbocycles. The van der Waals surface area contributed by atoms with Gasteiger partial charge >= 0.3 is 11.9 Å². The van der Waals surface area contributed by atoms with Crippen molar-refractivity contribution in [2.75, 3.05) is 46.1 Å². The first-order chi connectivity index (χ1) is 13.0. The summed E-state index contributed by atoms with van der Waals surface area (Å²) in [7, 11) is 0. The third-order valence-electron chi connectivity index (χ3n) is 4.00. The number of esters is 2. The standard InChI is InChI=1S/C18H22I3NO5/c19-13-11-14(17(21)15(20)12-13)18(24)27-7-2-1-3-16(23)26-10-6-22-4-8-25-9-5-22/h11-12H,1-10H2. The molecule has 1 heterocycles. The number of hydrogen-bond acceptors (Lipinski definition) is 6. The van der Waals surface area contributed by atoms with Crippen LogP contribution >= 0.6 is 67.8 Å². The van der Waals surface area contributed by atoms with Crippen molar-refractivity contribution in [1.29, 1.82) is 0 Å². The Kier molecular flexibility index (Phi) is 11.1. The molecule has 1 saturated heterocycles. The van der Waals surface area contributed by atoms with Crippen molar-refractivity contribution in [2.24, 2.45) is 0 Å². The predicted octanol–water partition coefficient (Wildman–Crippen LogP) is 3.70. The van der Waals surface area contributed by atoms with Crippen LogP contribution in [0.3, 0.4) is 0 Å². The van der Waals surface area contributed by atoms with Gasteiger partial charge in [-0.15, -0.1) is 0 Å². The summed E-state index contributed by atoms with van der Waals surface area (Å²) in [4.78, 5) is 26.2. The third kappa shape index (κ3) is 8.66. The molecule has 0 atom stereocenters. The Labute approximate surface area is 200 Å². The molecular formula is C18H22I3NO5. The molecule has 1 aliphatic heterocycles. The lowest BCUT2D eigenvalue weighted by atomic mass is 10.2. The van der Waals surface area contributed by atoms with E-state index in [9.17, 15) is 9.59 Å². The van der Waals surface area contributed by atoms with Crippen LogP contribution < -0.4 is 0 Å². The van der Waals surface area contributed by atoms with Gasteiger partial charge in [0.1, 0.15) is 6.61 Å². The van der Waals surface area contributed by atoms with Crippen molar-refractivity contribution in [3.05, 3.63) is 28.4 Å². The molecule has 0 N–H and O–H groups in total. The summed E-state index contributed by atoms with van der Waals surface area (Å²) >= 11 is 6.56. The van der Waals surface area contributed by atoms with Gasteiger partial charge < -0.3 is 14.2 Å². The Hall–Kier alpha value is 0.270. The zero-order chi connectivity index (χ0) is 19.6. The molecule has 0 spiro atoms. The van der Waals surface area contributed by atoms with Crippen LogP contribution in [0.25, 0.3) is 0 Å². The monoisotopic (exact) mass is 713 g/mol. The summed E-state index contributed by atoms with van der Waals surface area (Å²) in [6.45, 7) is 4.73. The Bertz CT molecular complexity index is 650. The quantitative estimate of drug-likeness (QED) is 0.169. The SMILES string of the molecule is O=C(CCCCOC(=O)c1cc(I)cc(I)c1I)OCCN1CCOCC1. The van der Waals surface area contributed by atoms with Gasteiger partial charge in [-0.05, 0) is 92.7 Å². The number of unbranched alkanes of at least 4 members (excludes halogenated alkanes) is 1. The minimum absolute atomic E-state index is 0.198. The summed E-state index contributed by atoms with van der Waals surface area (Å²) in [6, 6.07) is 3.85. The molecule has 9 heteroatoms. The van der Waals surface area contributed by atoms with Gasteiger partial charge in [-0.1, -0.05) is 0 Å². The van der Waals surface area contributed by atoms with Crippen LogP contribution in [0, 0.1) is 10.7 Å². The van der Waals surface area contributed by atoms with Crippen LogP contribution in [-0.4, -0.2) is 62.9 Å². The van der Waals surface area contributed by atoms with E-state index in [4.69, 9.17) is 14.2 Å². The van der Waals surface area contributed by atoms with E-state index in [2.05, 4.69) is 72.7 Å². The number of rotatable bonds is 9. The molecule has 0 saturated carbocycles. The average Bonchev–Trinajstić information content (AvgIpc) is 2.65. The van der Waals surface area contributed by atoms with E-state index >= 15 is 0 Å². The maximum atomic E-state index is 12.2. The summed E-state index contributed by atoms with van der Waals surface area (Å²) in [5.41, 5.74) is 0.592. The molecule has 0 amide bonds. The molecule has 0 aromatic heterocycles. The number of hydrogen-bond donors (Lipinski definition) is 0. The van der Waals surface area contributed by atoms with Gasteiger partial charge in [0, 0.05) is 36.8 Å². The zero-order valence-electron chi connectivity index (χ0n) is 14.8. The van der Waals surface area contributed by atoms with Crippen molar-refractivity contribution in [3.63, 3.8) is 0 Å². The van der Waals surface area contributed by atoms with Crippen molar-refractivity contribution in [2.45, 2.75) is 19.3 Å². The predicted molar refractivity (Wildman–Crippen MR) is 127 cm³/mol. The topological polar surface area (TPSA) is 65.1 Å². The fourth-order valence-electron chi connectivity index (χ4n) is 2.50. The molecule has 150 valence electrons. The molecule has 1 aromatic carbocycles. The fraction of sp³-hybridized carbons (Fsp3) is 0.556. The van der Waals surface area contributed by atoms with Gasteiger partial charge in [0.2, 0.25) is 0 Å². The first-order valence-corrected chi connectivity index (χ1v) is 12.0. The number of halogens is 3. The van der Waals surface area contributed by atoms with Crippen LogP contribution in [0.4, 0.5) is 0 Å². The van der Waals surface area contributed by atoms with Gasteiger partial charge in [0.25, 0.3) is 0 Å². The lowest BCUT2D eigenvalue weighted by Crippen LogP contribution is -2.38. The number of carbonyl (C=O) groups excluding carboxylic acids is 2. The Balaban J connectivity index is 1.57. The number of carbonyl (C=O) groups is 2. The lowest BCUT2D eigenvalue weighted by molar-refractivity contribution is -0.144. The summed E-state index contributed by atoms with van der Waals surface area (Å²) in [5.74, 6) is -0.514. The van der Waals surface area contributed by atoms with Crippen LogP contribution in [0.5, 0.6) is 0 Å². The smallest absolute Gasteiger partial charge is 0.339 e. The summed E-state index contributed by atoms with van der Waals surface area (Å²) < 4.78 is 18.8. The normalized spacial score (nSPS) is 14.8. The Morgan fingerprint density at radius 1 is 1.04 bits per heavy atom. The molecule has 1 fully saturated rings. The second kappa shape index (κ2) is 12.8. The van der Waals surface area contributed by atoms with Gasteiger partial charge in [-0.3, -0.25) is 9.69 Å². The number of morpholine rings is 1. The maximum Gasteiger partial charge on any atom is 0.339 e. The average molecular weight is 713 g/mol. The third-order valence-corrected chi connectivity index (χ3v) is 7.66. The van der Waals surface area contributed by atoms with E-state index in [1.54, 1.807) is 0 Å². The second-order valence-corrected chi connectivity index (χ2v) is 9.50. The number of nitrogens with zero attached hydrogens (tertiary/aromatic N) is 1. The van der Waals surface area contributed by atoms with Gasteiger partial charge in [0.15, 0.2) is 0 Å². The summed E-state index contributed by atoms with van der Waals surface area (Å²) in [5, 5.41) is 0. The van der Waals surface area contributed by atoms with Crippen LogP contribution in [0.1, 0.15) is 29.6 Å². The van der Waals surface area contributed by atoms with Crippen LogP contribution in [0.15, 0.2) is 12.1 Å². The largest absolute Gasteiger partial charge is 0.464 e. The molecule has 1 aliphatic rings. The van der Waals surface area contributed by atoms with Gasteiger partial charge in [-0.25, -0.2) is 4.79 Å². The minimum atomic E-state index is -0.316. The molecule has 27 heavy (non-hydrogen) atoms. The van der Waals surface area contributed by atoms with Gasteiger partial charge in [-0.2, -0.15) is 0 Å². The van der Waals surface area contributed by atoms with E-state index in [0.717, 1.165) is 43.6 Å². The van der Waals surface area contributed by atoms with Crippen molar-refractivity contribution < 1.29 is 23.8 Å². The van der Waals surface area contributed by atoms with Crippen molar-refractivity contribution in [3.8, 4) is 0 Å². The Morgan fingerprint density at radius 3 is 2.52 bits per heavy atom. The molecule has 1 aromatic rings. The molecule has 0 unspecified atom stereocenters.